The van der Waals surface area contributed by atoms with E-state index in [1.165, 1.54) is 0 Å². The van der Waals surface area contributed by atoms with Crippen molar-refractivity contribution in [1.29, 1.82) is 0 Å². The lowest BCUT2D eigenvalue weighted by molar-refractivity contribution is 0.941. The molecule has 0 N–H and O–H groups in total. The second-order valence-electron chi connectivity index (χ2n) is 1.67. The molecule has 1 saturated heterocycles. The van der Waals surface area contributed by atoms with Gasteiger partial charge in [0.1, 0.15) is 0 Å². The molecule has 0 bridgehead atoms. The molecule has 0 aromatic rings. The molecule has 3 heteroatoms. The van der Waals surface area contributed by atoms with Gasteiger partial charge in [0, 0.05) is 10.5 Å². The van der Waals surface area contributed by atoms with Crippen molar-refractivity contribution >= 4 is 31.4 Å². The first-order valence-electron chi connectivity index (χ1n) is 2.29. The molecule has 1 fully saturated rings. The zero-order chi connectivity index (χ0) is 5.28. The van der Waals surface area contributed by atoms with E-state index in [0.717, 1.165) is 10.5 Å². The summed E-state index contributed by atoms with van der Waals surface area (Å²) in [6.07, 6.45) is 0. The molecule has 1 heterocycles. The fourth-order valence-electron chi connectivity index (χ4n) is 0.303. The van der Waals surface area contributed by atoms with E-state index in [1.54, 1.807) is 0 Å². The van der Waals surface area contributed by atoms with Crippen LogP contribution in [0.1, 0.15) is 13.8 Å². The van der Waals surface area contributed by atoms with Gasteiger partial charge >= 0.3 is 0 Å². The molecule has 0 saturated carbocycles. The summed E-state index contributed by atoms with van der Waals surface area (Å²) in [6, 6.07) is 0. The third kappa shape index (κ3) is 1.47. The summed E-state index contributed by atoms with van der Waals surface area (Å²) >= 11 is 0. The van der Waals surface area contributed by atoms with Crippen LogP contribution in [0, 0.1) is 0 Å². The van der Waals surface area contributed by atoms with Crippen molar-refractivity contribution in [1.82, 2.24) is 0 Å². The average molecular weight is 152 g/mol. The first kappa shape index (κ1) is 6.17. The highest BCUT2D eigenvalue weighted by molar-refractivity contribution is 9.11. The predicted molar refractivity (Wildman–Crippen MR) is 41.7 cm³/mol. The molecule has 2 unspecified atom stereocenters. The van der Waals surface area contributed by atoms with E-state index in [-0.39, 0.29) is 0 Å². The van der Waals surface area contributed by atoms with E-state index in [1.807, 2.05) is 31.4 Å². The predicted octanol–water partition coefficient (Wildman–Crippen LogP) is 2.81. The van der Waals surface area contributed by atoms with Crippen LogP contribution in [0.5, 0.6) is 0 Å². The van der Waals surface area contributed by atoms with E-state index in [2.05, 4.69) is 13.8 Å². The summed E-state index contributed by atoms with van der Waals surface area (Å²) in [5, 5.41) is 1.71. The van der Waals surface area contributed by atoms with Crippen molar-refractivity contribution in [3.05, 3.63) is 0 Å². The van der Waals surface area contributed by atoms with Crippen LogP contribution < -0.4 is 0 Å². The minimum Gasteiger partial charge on any atom is -0.0782 e. The molecule has 0 radical (unpaired) electrons. The third-order valence-electron chi connectivity index (χ3n) is 1.04. The van der Waals surface area contributed by atoms with Crippen LogP contribution in [0.15, 0.2) is 0 Å². The minimum atomic E-state index is 0.856. The van der Waals surface area contributed by atoms with Crippen molar-refractivity contribution in [3.8, 4) is 0 Å². The van der Waals surface area contributed by atoms with Gasteiger partial charge in [0.25, 0.3) is 0 Å². The Bertz CT molecular complexity index is 56.0. The van der Waals surface area contributed by atoms with Gasteiger partial charge < -0.3 is 0 Å². The van der Waals surface area contributed by atoms with Gasteiger partial charge in [-0.3, -0.25) is 0 Å². The average Bonchev–Trinajstić information content (AvgIpc) is 1.91. The van der Waals surface area contributed by atoms with Gasteiger partial charge in [-0.05, 0) is 9.83 Å². The monoisotopic (exact) mass is 152 g/mol. The van der Waals surface area contributed by atoms with E-state index in [0.29, 0.717) is 0 Å². The molecule has 0 aliphatic carbocycles. The first-order valence-corrected chi connectivity index (χ1v) is 5.90. The lowest BCUT2D eigenvalue weighted by Gasteiger charge is -2.00. The topological polar surface area (TPSA) is 0 Å². The molecular weight excluding hydrogens is 144 g/mol. The van der Waals surface area contributed by atoms with Crippen LogP contribution in [0.25, 0.3) is 0 Å². The standard InChI is InChI=1S/C4H8S3/c1-3-4(2)6-7-5-3/h3-4H,1-2H3. The zero-order valence-corrected chi connectivity index (χ0v) is 6.83. The SMILES string of the molecule is CC1SSSC1C. The van der Waals surface area contributed by atoms with Crippen LogP contribution in [0.3, 0.4) is 0 Å². The summed E-state index contributed by atoms with van der Waals surface area (Å²) in [6.45, 7) is 4.56. The second kappa shape index (κ2) is 2.55. The Kier molecular flexibility index (Phi) is 2.25. The maximum Gasteiger partial charge on any atom is 0.0256 e. The highest BCUT2D eigenvalue weighted by Crippen LogP contribution is 2.51. The van der Waals surface area contributed by atoms with Gasteiger partial charge in [0.2, 0.25) is 0 Å². The molecule has 1 aliphatic rings. The molecule has 0 spiro atoms. The Morgan fingerprint density at radius 2 is 1.43 bits per heavy atom. The Morgan fingerprint density at radius 3 is 1.57 bits per heavy atom. The van der Waals surface area contributed by atoms with Crippen LogP contribution in [0.4, 0.5) is 0 Å². The fourth-order valence-corrected chi connectivity index (χ4v) is 6.18. The van der Waals surface area contributed by atoms with Gasteiger partial charge in [0.15, 0.2) is 0 Å². The van der Waals surface area contributed by atoms with Gasteiger partial charge in [-0.15, -0.1) is 0 Å². The van der Waals surface area contributed by atoms with E-state index in [9.17, 15) is 0 Å². The largest absolute Gasteiger partial charge is 0.0782 e. The maximum atomic E-state index is 2.28. The van der Waals surface area contributed by atoms with Crippen LogP contribution in [0.2, 0.25) is 0 Å². The van der Waals surface area contributed by atoms with Gasteiger partial charge in [-0.25, -0.2) is 0 Å². The lowest BCUT2D eigenvalue weighted by Crippen LogP contribution is -2.04. The van der Waals surface area contributed by atoms with Gasteiger partial charge in [-0.2, -0.15) is 0 Å². The van der Waals surface area contributed by atoms with E-state index in [4.69, 9.17) is 0 Å². The van der Waals surface area contributed by atoms with Crippen molar-refractivity contribution in [2.75, 3.05) is 0 Å². The summed E-state index contributed by atoms with van der Waals surface area (Å²) in [4.78, 5) is 0. The molecule has 1 rings (SSSR count). The molecule has 0 nitrogen and oxygen atoms in total. The zero-order valence-electron chi connectivity index (χ0n) is 4.38. The molecular formula is C4H8S3. The van der Waals surface area contributed by atoms with Crippen LogP contribution in [-0.4, -0.2) is 10.5 Å². The van der Waals surface area contributed by atoms with Crippen molar-refractivity contribution in [2.24, 2.45) is 0 Å². The molecule has 0 amide bonds. The highest BCUT2D eigenvalue weighted by Gasteiger charge is 2.20. The maximum absolute atomic E-state index is 2.28. The quantitative estimate of drug-likeness (QED) is 0.490. The third-order valence-corrected chi connectivity index (χ3v) is 6.50. The lowest BCUT2D eigenvalue weighted by atomic mass is 10.4. The van der Waals surface area contributed by atoms with E-state index < -0.39 is 0 Å². The number of rotatable bonds is 0. The minimum absolute atomic E-state index is 0.856. The molecule has 0 aromatic heterocycles. The van der Waals surface area contributed by atoms with Crippen molar-refractivity contribution in [2.45, 2.75) is 24.3 Å². The Balaban J connectivity index is 2.33. The van der Waals surface area contributed by atoms with Crippen LogP contribution in [-0.2, 0) is 0 Å². The molecule has 2 atom stereocenters. The smallest absolute Gasteiger partial charge is 0.0256 e. The van der Waals surface area contributed by atoms with E-state index >= 15 is 0 Å². The van der Waals surface area contributed by atoms with Crippen LogP contribution >= 0.6 is 31.4 Å². The summed E-state index contributed by atoms with van der Waals surface area (Å²) in [5.74, 6) is 0. The summed E-state index contributed by atoms with van der Waals surface area (Å²) in [7, 11) is 5.89. The Labute approximate surface area is 56.0 Å². The summed E-state index contributed by atoms with van der Waals surface area (Å²) in [5.41, 5.74) is 0. The molecule has 1 aliphatic heterocycles. The molecule has 42 valence electrons. The van der Waals surface area contributed by atoms with Crippen molar-refractivity contribution in [3.63, 3.8) is 0 Å². The van der Waals surface area contributed by atoms with Crippen molar-refractivity contribution < 1.29 is 0 Å². The van der Waals surface area contributed by atoms with Gasteiger partial charge in [-0.1, -0.05) is 35.4 Å². The molecule has 7 heavy (non-hydrogen) atoms. The normalized spacial score (nSPS) is 42.0. The Morgan fingerprint density at radius 1 is 1.00 bits per heavy atom. The highest BCUT2D eigenvalue weighted by atomic mass is 33.5. The summed E-state index contributed by atoms with van der Waals surface area (Å²) < 4.78 is 0. The number of hydrogen-bond donors (Lipinski definition) is 0. The Hall–Kier alpha value is 1.05. The first-order chi connectivity index (χ1) is 3.30. The number of hydrogen-bond acceptors (Lipinski definition) is 3. The molecule has 0 aromatic carbocycles. The fraction of sp³-hybridized carbons (Fsp3) is 1.00. The van der Waals surface area contributed by atoms with Gasteiger partial charge in [0.05, 0.1) is 0 Å². The second-order valence-corrected chi connectivity index (χ2v) is 6.47.